The fourth-order valence-corrected chi connectivity index (χ4v) is 5.02. The number of aryl methyl sites for hydroxylation is 1. The van der Waals surface area contributed by atoms with Gasteiger partial charge in [-0.2, -0.15) is 0 Å². The van der Waals surface area contributed by atoms with E-state index in [-0.39, 0.29) is 0 Å². The van der Waals surface area contributed by atoms with Gasteiger partial charge < -0.3 is 14.6 Å². The first-order chi connectivity index (χ1) is 16.3. The summed E-state index contributed by atoms with van der Waals surface area (Å²) in [6.45, 7) is 0. The van der Waals surface area contributed by atoms with Crippen LogP contribution >= 0.6 is 34.8 Å². The van der Waals surface area contributed by atoms with E-state index in [1.807, 2.05) is 79.3 Å². The van der Waals surface area contributed by atoms with Crippen LogP contribution in [-0.2, 0) is 11.9 Å². The van der Waals surface area contributed by atoms with E-state index in [1.165, 1.54) is 0 Å². The maximum atomic E-state index is 10.7. The smallest absolute Gasteiger partial charge is 0.153 e. The van der Waals surface area contributed by atoms with Crippen molar-refractivity contribution in [2.45, 2.75) is 11.1 Å². The summed E-state index contributed by atoms with van der Waals surface area (Å²) in [5.74, 6) is 0. The zero-order valence-electron chi connectivity index (χ0n) is 18.5. The molecule has 0 fully saturated rings. The molecule has 1 aliphatic heterocycles. The summed E-state index contributed by atoms with van der Waals surface area (Å²) >= 11 is 19.9. The summed E-state index contributed by atoms with van der Waals surface area (Å²) in [5.41, 5.74) is 5.33. The van der Waals surface area contributed by atoms with Crippen molar-refractivity contribution < 1.29 is 5.11 Å². The molecule has 2 aromatic carbocycles. The zero-order valence-corrected chi connectivity index (χ0v) is 20.7. The molecule has 0 radical (unpaired) electrons. The number of hydrogen-bond acceptors (Lipinski definition) is 4. The monoisotopic (exact) mass is 510 g/mol. The quantitative estimate of drug-likeness (QED) is 0.349. The van der Waals surface area contributed by atoms with Crippen LogP contribution in [0.5, 0.6) is 0 Å². The third-order valence-corrected chi connectivity index (χ3v) is 7.21. The number of likely N-dealkylation sites (N-methyl/N-ethyl adjacent to an activating group) is 1. The molecule has 34 heavy (non-hydrogen) atoms. The number of anilines is 1. The van der Waals surface area contributed by atoms with Gasteiger partial charge in [-0.15, -0.1) is 11.6 Å². The third-order valence-electron chi connectivity index (χ3n) is 6.12. The summed E-state index contributed by atoms with van der Waals surface area (Å²) in [7, 11) is 3.72. The molecular weight excluding hydrogens is 491 g/mol. The van der Waals surface area contributed by atoms with Crippen molar-refractivity contribution in [3.8, 4) is 0 Å². The summed E-state index contributed by atoms with van der Waals surface area (Å²) in [6, 6.07) is 18.7. The van der Waals surface area contributed by atoms with Crippen molar-refractivity contribution in [1.82, 2.24) is 14.5 Å². The number of nitrogens with zero attached hydrogens (tertiary/aromatic N) is 4. The van der Waals surface area contributed by atoms with Gasteiger partial charge in [0.2, 0.25) is 0 Å². The lowest BCUT2D eigenvalue weighted by Gasteiger charge is -2.33. The largest absolute Gasteiger partial charge is 0.370 e. The highest BCUT2D eigenvalue weighted by Crippen LogP contribution is 2.45. The molecular formula is C26H21Cl3N4O. The number of rotatable bonds is 4. The average Bonchev–Trinajstić information content (AvgIpc) is 3.27. The van der Waals surface area contributed by atoms with E-state index in [0.717, 1.165) is 28.1 Å². The van der Waals surface area contributed by atoms with E-state index in [9.17, 15) is 5.11 Å². The summed E-state index contributed by atoms with van der Waals surface area (Å²) in [4.78, 5) is 10.0. The molecule has 1 N–H and O–H groups in total. The Labute approximate surface area is 212 Å². The standard InChI is InChI=1S/C26H21Cl3N4O/c1-32-15-30-14-23(32)26(29,17-6-8-18(27)9-7-17)22-11-10-21-25(31-22)20(13-24(34)33(21)2)16-4-3-5-19(28)12-16/h3-15,24,34H,1-2H3. The van der Waals surface area contributed by atoms with Crippen LogP contribution in [0.1, 0.15) is 28.2 Å². The molecule has 172 valence electrons. The summed E-state index contributed by atoms with van der Waals surface area (Å²) < 4.78 is 1.88. The van der Waals surface area contributed by atoms with Crippen molar-refractivity contribution >= 4 is 46.1 Å². The van der Waals surface area contributed by atoms with Crippen molar-refractivity contribution in [2.24, 2.45) is 7.05 Å². The van der Waals surface area contributed by atoms with Crippen LogP contribution in [0.2, 0.25) is 10.0 Å². The minimum Gasteiger partial charge on any atom is -0.370 e. The van der Waals surface area contributed by atoms with Crippen LogP contribution in [0, 0.1) is 0 Å². The molecule has 2 aromatic heterocycles. The first-order valence-electron chi connectivity index (χ1n) is 10.6. The van der Waals surface area contributed by atoms with Crippen molar-refractivity contribution in [1.29, 1.82) is 0 Å². The minimum atomic E-state index is -1.13. The number of hydrogen-bond donors (Lipinski definition) is 1. The topological polar surface area (TPSA) is 54.2 Å². The molecule has 4 aromatic rings. The SMILES string of the molecule is CN1c2ccc(C(Cl)(c3ccc(Cl)cc3)c3cncn3C)nc2C(c2cccc(Cl)c2)=CC1O. The zero-order chi connectivity index (χ0) is 24.0. The Kier molecular flexibility index (Phi) is 5.90. The normalized spacial score (nSPS) is 17.2. The van der Waals surface area contributed by atoms with Gasteiger partial charge >= 0.3 is 0 Å². The number of aliphatic hydroxyl groups excluding tert-OH is 1. The Morgan fingerprint density at radius 3 is 2.41 bits per heavy atom. The Bertz CT molecular complexity index is 1400. The number of aliphatic hydroxyl groups is 1. The first-order valence-corrected chi connectivity index (χ1v) is 11.7. The van der Waals surface area contributed by atoms with Gasteiger partial charge in [-0.3, -0.25) is 0 Å². The molecule has 0 aliphatic carbocycles. The Balaban J connectivity index is 1.75. The molecule has 0 saturated carbocycles. The Morgan fingerprint density at radius 2 is 1.74 bits per heavy atom. The van der Waals surface area contributed by atoms with Crippen molar-refractivity contribution in [3.05, 3.63) is 118 Å². The number of imidazole rings is 1. The van der Waals surface area contributed by atoms with Crippen molar-refractivity contribution in [2.75, 3.05) is 11.9 Å². The van der Waals surface area contributed by atoms with E-state index in [2.05, 4.69) is 4.98 Å². The highest BCUT2D eigenvalue weighted by molar-refractivity contribution is 6.31. The summed E-state index contributed by atoms with van der Waals surface area (Å²) in [5, 5.41) is 11.9. The lowest BCUT2D eigenvalue weighted by atomic mass is 9.89. The molecule has 0 amide bonds. The van der Waals surface area contributed by atoms with E-state index >= 15 is 0 Å². The van der Waals surface area contributed by atoms with Gasteiger partial charge in [0.15, 0.2) is 4.87 Å². The van der Waals surface area contributed by atoms with Crippen LogP contribution in [0.15, 0.2) is 79.3 Å². The molecule has 0 saturated heterocycles. The summed E-state index contributed by atoms with van der Waals surface area (Å²) in [6.07, 6.45) is 4.42. The van der Waals surface area contributed by atoms with Crippen LogP contribution in [0.25, 0.3) is 5.57 Å². The van der Waals surface area contributed by atoms with Gasteiger partial charge in [-0.1, -0.05) is 47.5 Å². The predicted molar refractivity (Wildman–Crippen MR) is 138 cm³/mol. The van der Waals surface area contributed by atoms with Crippen LogP contribution in [0.4, 0.5) is 5.69 Å². The first kappa shape index (κ1) is 22.9. The van der Waals surface area contributed by atoms with Crippen LogP contribution in [-0.4, -0.2) is 32.9 Å². The maximum absolute atomic E-state index is 10.7. The fraction of sp³-hybridized carbons (Fsp3) is 0.154. The number of aromatic nitrogens is 3. The van der Waals surface area contributed by atoms with Gasteiger partial charge in [0.1, 0.15) is 6.23 Å². The van der Waals surface area contributed by atoms with Gasteiger partial charge in [0.25, 0.3) is 0 Å². The Hall–Kier alpha value is -2.83. The highest BCUT2D eigenvalue weighted by Gasteiger charge is 2.39. The molecule has 8 heteroatoms. The molecule has 5 nitrogen and oxygen atoms in total. The number of alkyl halides is 1. The second-order valence-electron chi connectivity index (χ2n) is 8.23. The number of fused-ring (bicyclic) bond motifs is 1. The van der Waals surface area contributed by atoms with E-state index < -0.39 is 11.1 Å². The Morgan fingerprint density at radius 1 is 0.971 bits per heavy atom. The second kappa shape index (κ2) is 8.75. The molecule has 0 spiro atoms. The average molecular weight is 512 g/mol. The van der Waals surface area contributed by atoms with Gasteiger partial charge in [0, 0.05) is 29.7 Å². The van der Waals surface area contributed by atoms with Crippen LogP contribution in [0.3, 0.4) is 0 Å². The van der Waals surface area contributed by atoms with Crippen LogP contribution < -0.4 is 4.90 Å². The van der Waals surface area contributed by atoms with Crippen molar-refractivity contribution in [3.63, 3.8) is 0 Å². The number of benzene rings is 2. The van der Waals surface area contributed by atoms with E-state index in [0.29, 0.717) is 21.4 Å². The maximum Gasteiger partial charge on any atom is 0.153 e. The van der Waals surface area contributed by atoms with Gasteiger partial charge in [-0.05, 0) is 53.6 Å². The third kappa shape index (κ3) is 3.79. The lowest BCUT2D eigenvalue weighted by Crippen LogP contribution is -2.34. The molecule has 1 aliphatic rings. The van der Waals surface area contributed by atoms with Gasteiger partial charge in [0.05, 0.1) is 35.3 Å². The lowest BCUT2D eigenvalue weighted by molar-refractivity contribution is 0.222. The fourth-order valence-electron chi connectivity index (χ4n) is 4.29. The molecule has 0 bridgehead atoms. The molecule has 3 heterocycles. The minimum absolute atomic E-state index is 0.604. The molecule has 2 atom stereocenters. The predicted octanol–water partition coefficient (Wildman–Crippen LogP) is 5.85. The second-order valence-corrected chi connectivity index (χ2v) is 9.67. The van der Waals surface area contributed by atoms with E-state index in [1.54, 1.807) is 23.5 Å². The molecule has 2 unspecified atom stereocenters. The van der Waals surface area contributed by atoms with E-state index in [4.69, 9.17) is 39.8 Å². The van der Waals surface area contributed by atoms with Gasteiger partial charge in [-0.25, -0.2) is 9.97 Å². The highest BCUT2D eigenvalue weighted by atomic mass is 35.5. The number of pyridine rings is 1. The molecule has 5 rings (SSSR count). The number of halogens is 3.